The molecule has 1 N–H and O–H groups in total. The van der Waals surface area contributed by atoms with Gasteiger partial charge in [0.25, 0.3) is 0 Å². The zero-order valence-electron chi connectivity index (χ0n) is 9.26. The molecule has 1 fully saturated rings. The predicted molar refractivity (Wildman–Crippen MR) is 57.0 cm³/mol. The highest BCUT2D eigenvalue weighted by Gasteiger charge is 2.35. The lowest BCUT2D eigenvalue weighted by Crippen LogP contribution is -2.27. The van der Waals surface area contributed by atoms with E-state index in [1.165, 1.54) is 12.8 Å². The van der Waals surface area contributed by atoms with Crippen molar-refractivity contribution in [3.8, 4) is 0 Å². The smallest absolute Gasteiger partial charge is 0.316 e. The molecule has 0 amide bonds. The van der Waals surface area contributed by atoms with Crippen LogP contribution in [0.1, 0.15) is 25.7 Å². The number of hydrogen-bond donors (Lipinski definition) is 1. The first-order valence-corrected chi connectivity index (χ1v) is 6.00. The van der Waals surface area contributed by atoms with Crippen LogP contribution in [0, 0.1) is 17.8 Å². The number of nitrogens with one attached hydrogen (secondary N) is 1. The lowest BCUT2D eigenvalue weighted by molar-refractivity contribution is -0.135. The maximum absolute atomic E-state index is 11.9. The third kappa shape index (κ3) is 3.24. The minimum absolute atomic E-state index is 0.195. The average molecular weight is 233 g/mol. The van der Waals surface area contributed by atoms with Crippen molar-refractivity contribution >= 4 is 0 Å². The van der Waals surface area contributed by atoms with Crippen molar-refractivity contribution < 1.29 is 13.2 Å². The van der Waals surface area contributed by atoms with Gasteiger partial charge in [-0.2, -0.15) is 13.2 Å². The zero-order chi connectivity index (χ0) is 11.6. The van der Waals surface area contributed by atoms with Crippen molar-refractivity contribution in [3.05, 3.63) is 12.2 Å². The van der Waals surface area contributed by atoms with Crippen molar-refractivity contribution in [1.29, 1.82) is 0 Å². The molecule has 0 saturated heterocycles. The van der Waals surface area contributed by atoms with Crippen molar-refractivity contribution in [2.75, 3.05) is 13.1 Å². The normalized spacial score (nSPS) is 32.6. The largest absolute Gasteiger partial charge is 0.389 e. The first kappa shape index (κ1) is 12.0. The van der Waals surface area contributed by atoms with Gasteiger partial charge in [-0.3, -0.25) is 0 Å². The van der Waals surface area contributed by atoms with Gasteiger partial charge in [0.2, 0.25) is 0 Å². The third-order valence-corrected chi connectivity index (χ3v) is 3.64. The van der Waals surface area contributed by atoms with Gasteiger partial charge < -0.3 is 5.32 Å². The lowest BCUT2D eigenvalue weighted by atomic mass is 9.93. The predicted octanol–water partition coefficient (Wildman–Crippen LogP) is 3.13. The molecule has 0 aromatic carbocycles. The molecule has 2 bridgehead atoms. The molecular weight excluding hydrogens is 215 g/mol. The molecule has 1 nitrogen and oxygen atoms in total. The molecule has 1 saturated carbocycles. The van der Waals surface area contributed by atoms with Gasteiger partial charge in [0.05, 0.1) is 0 Å². The minimum Gasteiger partial charge on any atom is -0.316 e. The van der Waals surface area contributed by atoms with Crippen molar-refractivity contribution in [2.24, 2.45) is 17.8 Å². The van der Waals surface area contributed by atoms with E-state index in [-0.39, 0.29) is 6.42 Å². The molecule has 16 heavy (non-hydrogen) atoms. The third-order valence-electron chi connectivity index (χ3n) is 3.64. The van der Waals surface area contributed by atoms with Gasteiger partial charge >= 0.3 is 6.18 Å². The molecule has 2 aliphatic carbocycles. The van der Waals surface area contributed by atoms with Gasteiger partial charge in [0, 0.05) is 6.42 Å². The van der Waals surface area contributed by atoms with Crippen molar-refractivity contribution in [2.45, 2.75) is 31.9 Å². The Kier molecular flexibility index (Phi) is 3.57. The van der Waals surface area contributed by atoms with Crippen molar-refractivity contribution in [3.63, 3.8) is 0 Å². The summed E-state index contributed by atoms with van der Waals surface area (Å²) in [6, 6.07) is 0. The Morgan fingerprint density at radius 2 is 2.00 bits per heavy atom. The van der Waals surface area contributed by atoms with Gasteiger partial charge in [-0.05, 0) is 50.1 Å². The molecule has 4 heteroatoms. The summed E-state index contributed by atoms with van der Waals surface area (Å²) in [6.07, 6.45) is 2.55. The van der Waals surface area contributed by atoms with E-state index in [9.17, 15) is 13.2 Å². The van der Waals surface area contributed by atoms with E-state index < -0.39 is 12.6 Å². The van der Waals surface area contributed by atoms with Crippen LogP contribution >= 0.6 is 0 Å². The zero-order valence-corrected chi connectivity index (χ0v) is 9.26. The van der Waals surface area contributed by atoms with Gasteiger partial charge in [0.1, 0.15) is 0 Å². The van der Waals surface area contributed by atoms with Crippen LogP contribution in [0.15, 0.2) is 12.2 Å². The Bertz CT molecular complexity index is 259. The highest BCUT2D eigenvalue weighted by atomic mass is 19.4. The number of fused-ring (bicyclic) bond motifs is 2. The van der Waals surface area contributed by atoms with Gasteiger partial charge in [-0.15, -0.1) is 0 Å². The Balaban J connectivity index is 1.54. The maximum Gasteiger partial charge on any atom is 0.389 e. The summed E-state index contributed by atoms with van der Waals surface area (Å²) in [6.45, 7) is 1.36. The standard InChI is InChI=1S/C12H18F3N/c13-12(14,15)4-1-5-16-8-11-7-9-2-3-10(11)6-9/h2-3,9-11,16H,1,4-8H2. The second kappa shape index (κ2) is 4.78. The molecule has 2 rings (SSSR count). The molecule has 3 unspecified atom stereocenters. The second-order valence-electron chi connectivity index (χ2n) is 4.96. The fourth-order valence-electron chi connectivity index (χ4n) is 2.83. The summed E-state index contributed by atoms with van der Waals surface area (Å²) in [5.74, 6) is 2.08. The van der Waals surface area contributed by atoms with Gasteiger partial charge in [-0.25, -0.2) is 0 Å². The molecular formula is C12H18F3N. The summed E-state index contributed by atoms with van der Waals surface area (Å²) < 4.78 is 35.6. The molecule has 0 aromatic heterocycles. The summed E-state index contributed by atoms with van der Waals surface area (Å²) >= 11 is 0. The van der Waals surface area contributed by atoms with Crippen molar-refractivity contribution in [1.82, 2.24) is 5.32 Å². The van der Waals surface area contributed by atoms with Crippen LogP contribution in [-0.2, 0) is 0 Å². The molecule has 0 aromatic rings. The monoisotopic (exact) mass is 233 g/mol. The van der Waals surface area contributed by atoms with E-state index in [4.69, 9.17) is 0 Å². The van der Waals surface area contributed by atoms with Gasteiger partial charge in [0.15, 0.2) is 0 Å². The first-order valence-electron chi connectivity index (χ1n) is 6.00. The van der Waals surface area contributed by atoms with E-state index in [0.717, 1.165) is 12.5 Å². The molecule has 2 aliphatic rings. The number of allylic oxidation sites excluding steroid dienone is 2. The Labute approximate surface area is 94.1 Å². The fourth-order valence-corrected chi connectivity index (χ4v) is 2.83. The number of alkyl halides is 3. The van der Waals surface area contributed by atoms with Crippen LogP contribution in [0.3, 0.4) is 0 Å². The van der Waals surface area contributed by atoms with E-state index in [1.54, 1.807) is 0 Å². The maximum atomic E-state index is 11.9. The minimum atomic E-state index is -4.00. The van der Waals surface area contributed by atoms with E-state index >= 15 is 0 Å². The lowest BCUT2D eigenvalue weighted by Gasteiger charge is -2.18. The number of rotatable bonds is 5. The van der Waals surface area contributed by atoms with Crippen LogP contribution in [0.5, 0.6) is 0 Å². The molecule has 3 atom stereocenters. The molecule has 92 valence electrons. The Morgan fingerprint density at radius 3 is 2.56 bits per heavy atom. The SMILES string of the molecule is FC(F)(F)CCCNCC1CC2C=CC1C2. The van der Waals surface area contributed by atoms with Gasteiger partial charge in [-0.1, -0.05) is 12.2 Å². The summed E-state index contributed by atoms with van der Waals surface area (Å²) in [4.78, 5) is 0. The molecule has 0 aliphatic heterocycles. The summed E-state index contributed by atoms with van der Waals surface area (Å²) in [5.41, 5.74) is 0. The Hall–Kier alpha value is -0.510. The average Bonchev–Trinajstić information content (AvgIpc) is 2.76. The van der Waals surface area contributed by atoms with Crippen LogP contribution < -0.4 is 5.32 Å². The van der Waals surface area contributed by atoms with Crippen LogP contribution in [0.25, 0.3) is 0 Å². The number of hydrogen-bond acceptors (Lipinski definition) is 1. The molecule has 0 radical (unpaired) electrons. The fraction of sp³-hybridized carbons (Fsp3) is 0.833. The number of halogens is 3. The van der Waals surface area contributed by atoms with E-state index in [0.29, 0.717) is 18.4 Å². The first-order chi connectivity index (χ1) is 7.54. The summed E-state index contributed by atoms with van der Waals surface area (Å²) in [7, 11) is 0. The molecule has 0 spiro atoms. The Morgan fingerprint density at radius 1 is 1.19 bits per heavy atom. The van der Waals surface area contributed by atoms with E-state index in [2.05, 4.69) is 17.5 Å². The highest BCUT2D eigenvalue weighted by molar-refractivity contribution is 5.10. The topological polar surface area (TPSA) is 12.0 Å². The summed E-state index contributed by atoms with van der Waals surface area (Å²) in [5, 5.41) is 3.15. The molecule has 0 heterocycles. The van der Waals surface area contributed by atoms with Crippen LogP contribution in [0.4, 0.5) is 13.2 Å². The van der Waals surface area contributed by atoms with Crippen LogP contribution in [-0.4, -0.2) is 19.3 Å². The highest BCUT2D eigenvalue weighted by Crippen LogP contribution is 2.42. The quantitative estimate of drug-likeness (QED) is 0.568. The van der Waals surface area contributed by atoms with E-state index in [1.807, 2.05) is 0 Å². The van der Waals surface area contributed by atoms with Crippen LogP contribution in [0.2, 0.25) is 0 Å². The second-order valence-corrected chi connectivity index (χ2v) is 4.96.